The molecule has 0 fully saturated rings. The molecule has 0 aliphatic heterocycles. The molecular weight excluding hydrogens is 140 g/mol. The van der Waals surface area contributed by atoms with E-state index in [1.54, 1.807) is 25.5 Å². The molecular formula is C7H10N4. The summed E-state index contributed by atoms with van der Waals surface area (Å²) in [4.78, 5) is 3.88. The fourth-order valence-corrected chi connectivity index (χ4v) is 0.829. The Bertz CT molecular complexity index is 269. The average molecular weight is 150 g/mol. The fourth-order valence-electron chi connectivity index (χ4n) is 0.829. The highest BCUT2D eigenvalue weighted by Gasteiger charge is 2.01. The molecule has 1 heterocycles. The van der Waals surface area contributed by atoms with Crippen molar-refractivity contribution in [1.82, 2.24) is 4.98 Å². The molecule has 0 radical (unpaired) electrons. The largest absolute Gasteiger partial charge is 0.386 e. The standard InChI is InChI=1S/C7H10N4/c1-10-6-4-11-3-2-5(6)7(8)9/h2-4,10H,1H3,(H3,8,9). The summed E-state index contributed by atoms with van der Waals surface area (Å²) in [7, 11) is 1.77. The van der Waals surface area contributed by atoms with Crippen LogP contribution in [-0.4, -0.2) is 17.9 Å². The predicted molar refractivity (Wildman–Crippen MR) is 44.8 cm³/mol. The maximum Gasteiger partial charge on any atom is 0.125 e. The molecule has 1 aromatic heterocycles. The Morgan fingerprint density at radius 3 is 2.91 bits per heavy atom. The van der Waals surface area contributed by atoms with Crippen LogP contribution in [0.25, 0.3) is 0 Å². The lowest BCUT2D eigenvalue weighted by molar-refractivity contribution is 1.29. The van der Waals surface area contributed by atoms with Gasteiger partial charge < -0.3 is 11.1 Å². The van der Waals surface area contributed by atoms with Crippen molar-refractivity contribution in [3.8, 4) is 0 Å². The zero-order valence-corrected chi connectivity index (χ0v) is 6.26. The minimum atomic E-state index is 0.0525. The van der Waals surface area contributed by atoms with Gasteiger partial charge in [-0.15, -0.1) is 0 Å². The van der Waals surface area contributed by atoms with Crippen LogP contribution in [0.4, 0.5) is 5.69 Å². The van der Waals surface area contributed by atoms with Crippen molar-refractivity contribution in [2.45, 2.75) is 0 Å². The van der Waals surface area contributed by atoms with E-state index in [-0.39, 0.29) is 5.84 Å². The van der Waals surface area contributed by atoms with Gasteiger partial charge in [0.2, 0.25) is 0 Å². The first-order valence-corrected chi connectivity index (χ1v) is 3.22. The van der Waals surface area contributed by atoms with E-state index < -0.39 is 0 Å². The van der Waals surface area contributed by atoms with E-state index in [1.165, 1.54) is 0 Å². The summed E-state index contributed by atoms with van der Waals surface area (Å²) in [5.41, 5.74) is 6.77. The van der Waals surface area contributed by atoms with Crippen LogP contribution >= 0.6 is 0 Å². The Labute approximate surface area is 65.0 Å². The minimum absolute atomic E-state index is 0.0525. The van der Waals surface area contributed by atoms with E-state index in [0.717, 1.165) is 5.69 Å². The molecule has 4 heteroatoms. The second-order valence-electron chi connectivity index (χ2n) is 2.08. The van der Waals surface area contributed by atoms with Gasteiger partial charge in [0.1, 0.15) is 5.84 Å². The number of amidine groups is 1. The monoisotopic (exact) mass is 150 g/mol. The van der Waals surface area contributed by atoms with Gasteiger partial charge in [-0.2, -0.15) is 0 Å². The number of pyridine rings is 1. The van der Waals surface area contributed by atoms with Crippen molar-refractivity contribution in [3.63, 3.8) is 0 Å². The number of anilines is 1. The summed E-state index contributed by atoms with van der Waals surface area (Å²) in [6.07, 6.45) is 3.24. The number of nitrogens with one attached hydrogen (secondary N) is 2. The molecule has 0 spiro atoms. The van der Waals surface area contributed by atoms with Crippen molar-refractivity contribution in [3.05, 3.63) is 24.0 Å². The highest BCUT2D eigenvalue weighted by molar-refractivity contribution is 5.99. The maximum atomic E-state index is 7.19. The lowest BCUT2D eigenvalue weighted by Gasteiger charge is -2.04. The number of hydrogen-bond acceptors (Lipinski definition) is 3. The Morgan fingerprint density at radius 2 is 2.45 bits per heavy atom. The van der Waals surface area contributed by atoms with Gasteiger partial charge in [-0.05, 0) is 6.07 Å². The van der Waals surface area contributed by atoms with Crippen LogP contribution in [0.1, 0.15) is 5.56 Å². The van der Waals surface area contributed by atoms with Crippen molar-refractivity contribution in [1.29, 1.82) is 5.41 Å². The summed E-state index contributed by atoms with van der Waals surface area (Å²) < 4.78 is 0. The van der Waals surface area contributed by atoms with E-state index in [9.17, 15) is 0 Å². The zero-order valence-electron chi connectivity index (χ0n) is 6.26. The first kappa shape index (κ1) is 7.53. The number of rotatable bonds is 2. The SMILES string of the molecule is CNc1cnccc1C(=N)N. The molecule has 0 aromatic carbocycles. The van der Waals surface area contributed by atoms with Crippen LogP contribution in [0.2, 0.25) is 0 Å². The van der Waals surface area contributed by atoms with Gasteiger partial charge in [-0.1, -0.05) is 0 Å². The highest BCUT2D eigenvalue weighted by Crippen LogP contribution is 2.10. The van der Waals surface area contributed by atoms with Gasteiger partial charge in [0.25, 0.3) is 0 Å². The van der Waals surface area contributed by atoms with Crippen molar-refractivity contribution in [2.75, 3.05) is 12.4 Å². The number of nitrogens with two attached hydrogens (primary N) is 1. The summed E-state index contributed by atoms with van der Waals surface area (Å²) in [5.74, 6) is 0.0525. The molecule has 1 rings (SSSR count). The second kappa shape index (κ2) is 3.01. The van der Waals surface area contributed by atoms with Crippen molar-refractivity contribution in [2.24, 2.45) is 5.73 Å². The topological polar surface area (TPSA) is 74.8 Å². The third kappa shape index (κ3) is 1.46. The highest BCUT2D eigenvalue weighted by atomic mass is 14.9. The summed E-state index contributed by atoms with van der Waals surface area (Å²) in [6.45, 7) is 0. The molecule has 4 N–H and O–H groups in total. The smallest absolute Gasteiger partial charge is 0.125 e. The molecule has 0 unspecified atom stereocenters. The third-order valence-electron chi connectivity index (χ3n) is 1.38. The first-order chi connectivity index (χ1) is 5.25. The van der Waals surface area contributed by atoms with Gasteiger partial charge in [0.15, 0.2) is 0 Å². The van der Waals surface area contributed by atoms with E-state index in [4.69, 9.17) is 11.1 Å². The molecule has 0 saturated heterocycles. The predicted octanol–water partition coefficient (Wildman–Crippen LogP) is 0.407. The van der Waals surface area contributed by atoms with E-state index in [0.29, 0.717) is 5.56 Å². The average Bonchev–Trinajstić information content (AvgIpc) is 2.04. The molecule has 0 amide bonds. The molecule has 4 nitrogen and oxygen atoms in total. The Balaban J connectivity index is 3.12. The van der Waals surface area contributed by atoms with Gasteiger partial charge in [-0.3, -0.25) is 10.4 Å². The van der Waals surface area contributed by atoms with Crippen LogP contribution < -0.4 is 11.1 Å². The first-order valence-electron chi connectivity index (χ1n) is 3.22. The normalized spacial score (nSPS) is 9.18. The van der Waals surface area contributed by atoms with Gasteiger partial charge >= 0.3 is 0 Å². The van der Waals surface area contributed by atoms with Crippen molar-refractivity contribution >= 4 is 11.5 Å². The van der Waals surface area contributed by atoms with E-state index in [2.05, 4.69) is 10.3 Å². The van der Waals surface area contributed by atoms with Crippen LogP contribution in [0.15, 0.2) is 18.5 Å². The van der Waals surface area contributed by atoms with E-state index >= 15 is 0 Å². The van der Waals surface area contributed by atoms with Gasteiger partial charge in [0.05, 0.1) is 11.9 Å². The molecule has 0 aliphatic rings. The molecule has 0 bridgehead atoms. The van der Waals surface area contributed by atoms with E-state index in [1.807, 2.05) is 0 Å². The number of nitrogens with zero attached hydrogens (tertiary/aromatic N) is 1. The van der Waals surface area contributed by atoms with Crippen molar-refractivity contribution < 1.29 is 0 Å². The second-order valence-corrected chi connectivity index (χ2v) is 2.08. The Hall–Kier alpha value is -1.58. The quantitative estimate of drug-likeness (QED) is 0.422. The lowest BCUT2D eigenvalue weighted by atomic mass is 10.2. The fraction of sp³-hybridized carbons (Fsp3) is 0.143. The van der Waals surface area contributed by atoms with Crippen LogP contribution in [0.3, 0.4) is 0 Å². The lowest BCUT2D eigenvalue weighted by Crippen LogP contribution is -2.13. The summed E-state index contributed by atoms with van der Waals surface area (Å²) in [5, 5.41) is 10.1. The molecule has 11 heavy (non-hydrogen) atoms. The molecule has 0 saturated carbocycles. The Morgan fingerprint density at radius 1 is 1.73 bits per heavy atom. The molecule has 58 valence electrons. The molecule has 0 atom stereocenters. The molecule has 0 aliphatic carbocycles. The van der Waals surface area contributed by atoms with Crippen LogP contribution in [-0.2, 0) is 0 Å². The summed E-state index contributed by atoms with van der Waals surface area (Å²) in [6, 6.07) is 1.70. The van der Waals surface area contributed by atoms with Crippen LogP contribution in [0, 0.1) is 5.41 Å². The minimum Gasteiger partial charge on any atom is -0.386 e. The van der Waals surface area contributed by atoms with Gasteiger partial charge in [0, 0.05) is 18.8 Å². The van der Waals surface area contributed by atoms with Crippen LogP contribution in [0.5, 0.6) is 0 Å². The summed E-state index contributed by atoms with van der Waals surface area (Å²) >= 11 is 0. The zero-order chi connectivity index (χ0) is 8.27. The maximum absolute atomic E-state index is 7.19. The van der Waals surface area contributed by atoms with Gasteiger partial charge in [-0.25, -0.2) is 0 Å². The number of aromatic nitrogens is 1. The molecule has 1 aromatic rings. The Kier molecular flexibility index (Phi) is 2.06. The number of hydrogen-bond donors (Lipinski definition) is 3. The third-order valence-corrected chi connectivity index (χ3v) is 1.38. The number of nitrogen functional groups attached to an aromatic ring is 1.